The highest BCUT2D eigenvalue weighted by Crippen LogP contribution is 2.32. The molecule has 2 aliphatic heterocycles. The van der Waals surface area contributed by atoms with Crippen LogP contribution in [0.2, 0.25) is 0 Å². The number of nitriles is 1. The van der Waals surface area contributed by atoms with Gasteiger partial charge in [-0.3, -0.25) is 0 Å². The SMILES string of the molecule is N#Cc1ccc(N2CCC3(CC2)OCCCO3)cc1. The van der Waals surface area contributed by atoms with E-state index >= 15 is 0 Å². The van der Waals surface area contributed by atoms with Crippen LogP contribution in [0.25, 0.3) is 0 Å². The van der Waals surface area contributed by atoms with Crippen LogP contribution in [0.4, 0.5) is 5.69 Å². The van der Waals surface area contributed by atoms with Crippen LogP contribution in [0.5, 0.6) is 0 Å². The normalized spacial score (nSPS) is 22.2. The van der Waals surface area contributed by atoms with E-state index in [0.717, 1.165) is 45.6 Å². The Morgan fingerprint density at radius 3 is 2.26 bits per heavy atom. The molecule has 0 radical (unpaired) electrons. The summed E-state index contributed by atoms with van der Waals surface area (Å²) in [4.78, 5) is 2.33. The Kier molecular flexibility index (Phi) is 3.41. The predicted octanol–water partition coefficient (Wildman–Crippen LogP) is 2.29. The van der Waals surface area contributed by atoms with Gasteiger partial charge in [0, 0.05) is 31.6 Å². The summed E-state index contributed by atoms with van der Waals surface area (Å²) < 4.78 is 11.7. The molecule has 2 aliphatic rings. The van der Waals surface area contributed by atoms with Crippen molar-refractivity contribution in [3.63, 3.8) is 0 Å². The summed E-state index contributed by atoms with van der Waals surface area (Å²) in [5, 5.41) is 8.81. The summed E-state index contributed by atoms with van der Waals surface area (Å²) in [6.45, 7) is 3.51. The number of ether oxygens (including phenoxy) is 2. The molecule has 0 amide bonds. The van der Waals surface area contributed by atoms with Crippen molar-refractivity contribution in [1.29, 1.82) is 5.26 Å². The molecule has 2 fully saturated rings. The van der Waals surface area contributed by atoms with Gasteiger partial charge in [-0.1, -0.05) is 0 Å². The van der Waals surface area contributed by atoms with Gasteiger partial charge in [0.25, 0.3) is 0 Å². The molecule has 100 valence electrons. The van der Waals surface area contributed by atoms with Gasteiger partial charge >= 0.3 is 0 Å². The fourth-order valence-corrected chi connectivity index (χ4v) is 2.76. The maximum absolute atomic E-state index is 8.81. The van der Waals surface area contributed by atoms with Gasteiger partial charge in [0.05, 0.1) is 24.8 Å². The topological polar surface area (TPSA) is 45.5 Å². The molecule has 0 N–H and O–H groups in total. The summed E-state index contributed by atoms with van der Waals surface area (Å²) in [5.41, 5.74) is 1.88. The molecule has 4 nitrogen and oxygen atoms in total. The lowest BCUT2D eigenvalue weighted by molar-refractivity contribution is -0.275. The molecule has 0 aliphatic carbocycles. The quantitative estimate of drug-likeness (QED) is 0.775. The lowest BCUT2D eigenvalue weighted by Crippen LogP contribution is -2.50. The van der Waals surface area contributed by atoms with Crippen LogP contribution in [0.1, 0.15) is 24.8 Å². The Labute approximate surface area is 113 Å². The lowest BCUT2D eigenvalue weighted by atomic mass is 10.0. The first-order chi connectivity index (χ1) is 9.31. The number of benzene rings is 1. The first kappa shape index (κ1) is 12.5. The molecule has 0 bridgehead atoms. The van der Waals surface area contributed by atoms with Gasteiger partial charge in [-0.25, -0.2) is 0 Å². The number of hydrogen-bond acceptors (Lipinski definition) is 4. The van der Waals surface area contributed by atoms with E-state index in [1.807, 2.05) is 24.3 Å². The molecule has 4 heteroatoms. The molecule has 1 aromatic carbocycles. The van der Waals surface area contributed by atoms with Crippen molar-refractivity contribution in [3.05, 3.63) is 29.8 Å². The Morgan fingerprint density at radius 1 is 1.05 bits per heavy atom. The fraction of sp³-hybridized carbons (Fsp3) is 0.533. The fourth-order valence-electron chi connectivity index (χ4n) is 2.76. The van der Waals surface area contributed by atoms with Crippen LogP contribution >= 0.6 is 0 Å². The summed E-state index contributed by atoms with van der Waals surface area (Å²) in [6.07, 6.45) is 2.82. The summed E-state index contributed by atoms with van der Waals surface area (Å²) >= 11 is 0. The first-order valence-corrected chi connectivity index (χ1v) is 6.84. The highest BCUT2D eigenvalue weighted by Gasteiger charge is 2.38. The van der Waals surface area contributed by atoms with Gasteiger partial charge in [0.15, 0.2) is 5.79 Å². The van der Waals surface area contributed by atoms with E-state index in [2.05, 4.69) is 11.0 Å². The van der Waals surface area contributed by atoms with Crippen molar-refractivity contribution in [2.24, 2.45) is 0 Å². The number of anilines is 1. The minimum atomic E-state index is -0.332. The van der Waals surface area contributed by atoms with Gasteiger partial charge in [-0.2, -0.15) is 5.26 Å². The minimum absolute atomic E-state index is 0.332. The van der Waals surface area contributed by atoms with Crippen LogP contribution in [-0.2, 0) is 9.47 Å². The molecular formula is C15H18N2O2. The van der Waals surface area contributed by atoms with E-state index in [4.69, 9.17) is 14.7 Å². The molecule has 19 heavy (non-hydrogen) atoms. The standard InChI is InChI=1S/C15H18N2O2/c16-12-13-2-4-14(5-3-13)17-8-6-15(7-9-17)18-10-1-11-19-15/h2-5H,1,6-11H2. The van der Waals surface area contributed by atoms with E-state index < -0.39 is 0 Å². The molecule has 3 rings (SSSR count). The third-order valence-electron chi connectivity index (χ3n) is 3.91. The van der Waals surface area contributed by atoms with Crippen molar-refractivity contribution in [2.45, 2.75) is 25.0 Å². The summed E-state index contributed by atoms with van der Waals surface area (Å²) in [5.74, 6) is -0.332. The van der Waals surface area contributed by atoms with Crippen LogP contribution in [0.15, 0.2) is 24.3 Å². The Balaban J connectivity index is 1.64. The highest BCUT2D eigenvalue weighted by molar-refractivity contribution is 5.50. The van der Waals surface area contributed by atoms with Crippen molar-refractivity contribution >= 4 is 5.69 Å². The smallest absolute Gasteiger partial charge is 0.171 e. The second-order valence-corrected chi connectivity index (χ2v) is 5.11. The monoisotopic (exact) mass is 258 g/mol. The average molecular weight is 258 g/mol. The molecule has 0 atom stereocenters. The Morgan fingerprint density at radius 2 is 1.68 bits per heavy atom. The first-order valence-electron chi connectivity index (χ1n) is 6.84. The number of hydrogen-bond donors (Lipinski definition) is 0. The van der Waals surface area contributed by atoms with E-state index in [-0.39, 0.29) is 5.79 Å². The van der Waals surface area contributed by atoms with Crippen molar-refractivity contribution in [1.82, 2.24) is 0 Å². The van der Waals surface area contributed by atoms with Gasteiger partial charge in [0.2, 0.25) is 0 Å². The maximum Gasteiger partial charge on any atom is 0.171 e. The molecule has 1 spiro atoms. The molecule has 1 aromatic rings. The predicted molar refractivity (Wildman–Crippen MR) is 71.9 cm³/mol. The molecular weight excluding hydrogens is 240 g/mol. The number of rotatable bonds is 1. The second kappa shape index (κ2) is 5.20. The molecule has 0 aromatic heterocycles. The van der Waals surface area contributed by atoms with Crippen molar-refractivity contribution in [2.75, 3.05) is 31.2 Å². The van der Waals surface area contributed by atoms with Crippen LogP contribution < -0.4 is 4.90 Å². The molecule has 0 saturated carbocycles. The third kappa shape index (κ3) is 2.58. The summed E-state index contributed by atoms with van der Waals surface area (Å²) in [7, 11) is 0. The van der Waals surface area contributed by atoms with Crippen LogP contribution in [0.3, 0.4) is 0 Å². The van der Waals surface area contributed by atoms with Gasteiger partial charge in [-0.15, -0.1) is 0 Å². The van der Waals surface area contributed by atoms with Crippen LogP contribution in [0, 0.1) is 11.3 Å². The Hall–Kier alpha value is -1.57. The average Bonchev–Trinajstić information content (AvgIpc) is 2.49. The van der Waals surface area contributed by atoms with Gasteiger partial charge in [0.1, 0.15) is 0 Å². The zero-order chi connectivity index (χ0) is 13.1. The van der Waals surface area contributed by atoms with Gasteiger partial charge < -0.3 is 14.4 Å². The zero-order valence-corrected chi connectivity index (χ0v) is 11.0. The van der Waals surface area contributed by atoms with Crippen molar-refractivity contribution < 1.29 is 9.47 Å². The van der Waals surface area contributed by atoms with Crippen molar-refractivity contribution in [3.8, 4) is 6.07 Å². The largest absolute Gasteiger partial charge is 0.371 e. The minimum Gasteiger partial charge on any atom is -0.371 e. The molecule has 2 saturated heterocycles. The molecule has 2 heterocycles. The maximum atomic E-state index is 8.81. The second-order valence-electron chi connectivity index (χ2n) is 5.11. The van der Waals surface area contributed by atoms with Crippen LogP contribution in [-0.4, -0.2) is 32.1 Å². The van der Waals surface area contributed by atoms with E-state index in [1.165, 1.54) is 5.69 Å². The number of piperidine rings is 1. The Bertz CT molecular complexity index is 462. The van der Waals surface area contributed by atoms with E-state index in [1.54, 1.807) is 0 Å². The highest BCUT2D eigenvalue weighted by atomic mass is 16.7. The third-order valence-corrected chi connectivity index (χ3v) is 3.91. The van der Waals surface area contributed by atoms with E-state index in [0.29, 0.717) is 5.56 Å². The van der Waals surface area contributed by atoms with Gasteiger partial charge in [-0.05, 0) is 30.7 Å². The lowest BCUT2D eigenvalue weighted by Gasteiger charge is -2.44. The zero-order valence-electron chi connectivity index (χ0n) is 11.0. The molecule has 0 unspecified atom stereocenters. The number of nitrogens with zero attached hydrogens (tertiary/aromatic N) is 2. The summed E-state index contributed by atoms with van der Waals surface area (Å²) in [6, 6.07) is 9.91. The van der Waals surface area contributed by atoms with E-state index in [9.17, 15) is 0 Å².